The molecule has 0 spiro atoms. The van der Waals surface area contributed by atoms with Gasteiger partial charge >= 0.3 is 0 Å². The van der Waals surface area contributed by atoms with Crippen molar-refractivity contribution in [2.45, 2.75) is 18.9 Å². The van der Waals surface area contributed by atoms with Crippen LogP contribution in [-0.4, -0.2) is 23.2 Å². The van der Waals surface area contributed by atoms with E-state index < -0.39 is 0 Å². The number of nitrogens with zero attached hydrogens (tertiary/aromatic N) is 2. The molecule has 1 aliphatic rings. The van der Waals surface area contributed by atoms with E-state index in [1.165, 1.54) is 10.6 Å². The van der Waals surface area contributed by atoms with Crippen LogP contribution < -0.4 is 4.74 Å². The molecule has 0 bridgehead atoms. The van der Waals surface area contributed by atoms with E-state index in [0.29, 0.717) is 23.0 Å². The smallest absolute Gasteiger partial charge is 0.281 e. The number of carbonyl (C=O) groups is 1. The van der Waals surface area contributed by atoms with Gasteiger partial charge in [0.05, 0.1) is 12.0 Å². The van der Waals surface area contributed by atoms with Gasteiger partial charge in [0.1, 0.15) is 17.6 Å². The van der Waals surface area contributed by atoms with E-state index in [1.54, 1.807) is 6.26 Å². The molecule has 0 fully saturated rings. The van der Waals surface area contributed by atoms with Crippen molar-refractivity contribution < 1.29 is 13.9 Å². The molecule has 1 atom stereocenters. The Kier molecular flexibility index (Phi) is 6.45. The fourth-order valence-electron chi connectivity index (χ4n) is 4.07. The first kappa shape index (κ1) is 22.0. The second kappa shape index (κ2) is 9.98. The Bertz CT molecular complexity index is 1290. The van der Waals surface area contributed by atoms with Gasteiger partial charge in [-0.15, -0.1) is 0 Å². The second-order valence-electron chi connectivity index (χ2n) is 8.09. The molecule has 5 nitrogen and oxygen atoms in total. The molecular weight excluding hydrogens is 448 g/mol. The Hall–Kier alpha value is -3.83. The lowest BCUT2D eigenvalue weighted by Gasteiger charge is -2.20. The van der Waals surface area contributed by atoms with Crippen LogP contribution in [0.2, 0.25) is 5.02 Å². The van der Waals surface area contributed by atoms with Crippen LogP contribution in [0.25, 0.3) is 0 Å². The van der Waals surface area contributed by atoms with Crippen molar-refractivity contribution in [3.05, 3.63) is 125 Å². The number of rotatable bonds is 7. The van der Waals surface area contributed by atoms with Crippen LogP contribution in [0.1, 0.15) is 34.9 Å². The Balaban J connectivity index is 1.34. The van der Waals surface area contributed by atoms with E-state index in [1.807, 2.05) is 78.9 Å². The SMILES string of the molecule is O=C(COc1ccccc1Cc1ccccc1)N1N=C(c2ccc(Cl)cc2)C[C@@H]1c1ccco1. The van der Waals surface area contributed by atoms with E-state index in [0.717, 1.165) is 23.3 Å². The highest BCUT2D eigenvalue weighted by atomic mass is 35.5. The van der Waals surface area contributed by atoms with E-state index in [2.05, 4.69) is 17.2 Å². The van der Waals surface area contributed by atoms with Crippen molar-refractivity contribution in [1.29, 1.82) is 0 Å². The van der Waals surface area contributed by atoms with Gasteiger partial charge in [-0.25, -0.2) is 5.01 Å². The summed E-state index contributed by atoms with van der Waals surface area (Å²) in [5, 5.41) is 6.77. The van der Waals surface area contributed by atoms with Crippen molar-refractivity contribution >= 4 is 23.2 Å². The summed E-state index contributed by atoms with van der Waals surface area (Å²) in [4.78, 5) is 13.3. The van der Waals surface area contributed by atoms with Crippen LogP contribution in [0.15, 0.2) is 107 Å². The summed E-state index contributed by atoms with van der Waals surface area (Å²) < 4.78 is 11.6. The van der Waals surface area contributed by atoms with Crippen LogP contribution in [0.3, 0.4) is 0 Å². The minimum atomic E-state index is -0.323. The molecule has 34 heavy (non-hydrogen) atoms. The number of furan rings is 1. The molecule has 3 aromatic carbocycles. The van der Waals surface area contributed by atoms with Crippen molar-refractivity contribution in [3.8, 4) is 5.75 Å². The number of hydrogen-bond donors (Lipinski definition) is 0. The summed E-state index contributed by atoms with van der Waals surface area (Å²) in [6.07, 6.45) is 2.88. The third-order valence-electron chi connectivity index (χ3n) is 5.78. The van der Waals surface area contributed by atoms with Gasteiger partial charge in [-0.2, -0.15) is 5.10 Å². The summed E-state index contributed by atoms with van der Waals surface area (Å²) in [5.41, 5.74) is 3.93. The molecule has 4 aromatic rings. The lowest BCUT2D eigenvalue weighted by molar-refractivity contribution is -0.135. The fourth-order valence-corrected chi connectivity index (χ4v) is 4.20. The predicted molar refractivity (Wildman–Crippen MR) is 132 cm³/mol. The maximum Gasteiger partial charge on any atom is 0.281 e. The number of amides is 1. The zero-order valence-corrected chi connectivity index (χ0v) is 19.2. The van der Waals surface area contributed by atoms with Gasteiger partial charge in [-0.1, -0.05) is 72.3 Å². The lowest BCUT2D eigenvalue weighted by atomic mass is 10.0. The largest absolute Gasteiger partial charge is 0.483 e. The Morgan fingerprint density at radius 1 is 0.971 bits per heavy atom. The lowest BCUT2D eigenvalue weighted by Crippen LogP contribution is -2.31. The summed E-state index contributed by atoms with van der Waals surface area (Å²) in [6, 6.07) is 28.8. The van der Waals surface area contributed by atoms with Gasteiger partial charge in [0.2, 0.25) is 0 Å². The van der Waals surface area contributed by atoms with Crippen LogP contribution in [0.4, 0.5) is 0 Å². The standard InChI is InChI=1S/C28H23ClN2O3/c29-23-14-12-21(13-15-23)24-18-25(27-11-6-16-33-27)31(30-24)28(32)19-34-26-10-5-4-9-22(26)17-20-7-2-1-3-8-20/h1-16,25H,17-19H2/t25-/m1/s1. The van der Waals surface area contributed by atoms with E-state index in [9.17, 15) is 4.79 Å². The van der Waals surface area contributed by atoms with Crippen molar-refractivity contribution in [1.82, 2.24) is 5.01 Å². The van der Waals surface area contributed by atoms with Crippen LogP contribution in [0, 0.1) is 0 Å². The molecule has 0 aliphatic carbocycles. The minimum absolute atomic E-state index is 0.125. The molecule has 170 valence electrons. The minimum Gasteiger partial charge on any atom is -0.483 e. The number of benzene rings is 3. The normalized spacial score (nSPS) is 15.3. The van der Waals surface area contributed by atoms with Crippen molar-refractivity contribution in [2.24, 2.45) is 5.10 Å². The molecule has 0 saturated heterocycles. The number of carbonyl (C=O) groups excluding carboxylic acids is 1. The highest BCUT2D eigenvalue weighted by Crippen LogP contribution is 2.33. The number of para-hydroxylation sites is 1. The van der Waals surface area contributed by atoms with E-state index in [-0.39, 0.29) is 18.6 Å². The third-order valence-corrected chi connectivity index (χ3v) is 6.03. The number of hydrogen-bond acceptors (Lipinski definition) is 4. The average Bonchev–Trinajstić information content (AvgIpc) is 3.55. The first-order chi connectivity index (χ1) is 16.7. The monoisotopic (exact) mass is 470 g/mol. The van der Waals surface area contributed by atoms with Gasteiger partial charge in [-0.05, 0) is 47.0 Å². The quantitative estimate of drug-likeness (QED) is 0.319. The fraction of sp³-hybridized carbons (Fsp3) is 0.143. The average molecular weight is 471 g/mol. The first-order valence-electron chi connectivity index (χ1n) is 11.1. The Morgan fingerprint density at radius 2 is 1.74 bits per heavy atom. The molecule has 0 radical (unpaired) electrons. The van der Waals surface area contributed by atoms with Gasteiger partial charge in [0.25, 0.3) is 5.91 Å². The summed E-state index contributed by atoms with van der Waals surface area (Å²) in [7, 11) is 0. The predicted octanol–water partition coefficient (Wildman–Crippen LogP) is 6.28. The highest BCUT2D eigenvalue weighted by Gasteiger charge is 2.35. The molecule has 1 amide bonds. The summed E-state index contributed by atoms with van der Waals surface area (Å²) >= 11 is 6.03. The molecule has 0 unspecified atom stereocenters. The number of hydrazone groups is 1. The Labute approximate surface area is 203 Å². The molecule has 5 rings (SSSR count). The van der Waals surface area contributed by atoms with Gasteiger partial charge in [0.15, 0.2) is 6.61 Å². The zero-order chi connectivity index (χ0) is 23.3. The first-order valence-corrected chi connectivity index (χ1v) is 11.5. The highest BCUT2D eigenvalue weighted by molar-refractivity contribution is 6.30. The second-order valence-corrected chi connectivity index (χ2v) is 8.52. The van der Waals surface area contributed by atoms with Gasteiger partial charge in [-0.3, -0.25) is 4.79 Å². The summed E-state index contributed by atoms with van der Waals surface area (Å²) in [6.45, 7) is -0.125. The van der Waals surface area contributed by atoms with E-state index >= 15 is 0 Å². The van der Waals surface area contributed by atoms with E-state index in [4.69, 9.17) is 20.8 Å². The molecular formula is C28H23ClN2O3. The maximum absolute atomic E-state index is 13.3. The number of halogens is 1. The molecule has 2 heterocycles. The van der Waals surface area contributed by atoms with Crippen molar-refractivity contribution in [3.63, 3.8) is 0 Å². The maximum atomic E-state index is 13.3. The topological polar surface area (TPSA) is 55.0 Å². The summed E-state index contributed by atoms with van der Waals surface area (Å²) in [5.74, 6) is 1.14. The zero-order valence-electron chi connectivity index (χ0n) is 18.4. The molecule has 1 aliphatic heterocycles. The van der Waals surface area contributed by atoms with Crippen LogP contribution in [-0.2, 0) is 11.2 Å². The van der Waals surface area contributed by atoms with Gasteiger partial charge in [0, 0.05) is 17.9 Å². The third kappa shape index (κ3) is 4.90. The molecule has 6 heteroatoms. The molecule has 0 N–H and O–H groups in total. The van der Waals surface area contributed by atoms with Crippen molar-refractivity contribution in [2.75, 3.05) is 6.61 Å². The van der Waals surface area contributed by atoms with Crippen LogP contribution in [0.5, 0.6) is 5.75 Å². The molecule has 1 aromatic heterocycles. The van der Waals surface area contributed by atoms with Crippen LogP contribution >= 0.6 is 11.6 Å². The number of ether oxygens (including phenoxy) is 1. The molecule has 0 saturated carbocycles. The van der Waals surface area contributed by atoms with Gasteiger partial charge < -0.3 is 9.15 Å². The Morgan fingerprint density at radius 3 is 2.50 bits per heavy atom.